The molecule has 0 aromatic heterocycles. The van der Waals surface area contributed by atoms with Gasteiger partial charge in [-0.3, -0.25) is 0 Å². The second-order valence-corrected chi connectivity index (χ2v) is 2.41. The summed E-state index contributed by atoms with van der Waals surface area (Å²) in [7, 11) is 0. The maximum absolute atomic E-state index is 8.83. The van der Waals surface area contributed by atoms with Crippen LogP contribution in [-0.2, 0) is 0 Å². The van der Waals surface area contributed by atoms with Crippen molar-refractivity contribution in [3.8, 4) is 0 Å². The van der Waals surface area contributed by atoms with Crippen LogP contribution in [0, 0.1) is 0 Å². The fourth-order valence-corrected chi connectivity index (χ4v) is 0.562. The highest BCUT2D eigenvalue weighted by Crippen LogP contribution is 2.35. The molecule has 1 aliphatic rings. The van der Waals surface area contributed by atoms with Gasteiger partial charge in [-0.15, -0.1) is 0 Å². The first-order chi connectivity index (χ1) is 3.15. The summed E-state index contributed by atoms with van der Waals surface area (Å²) in [5, 5.41) is 8.83. The molecule has 0 unspecified atom stereocenters. The maximum atomic E-state index is 8.83. The van der Waals surface area contributed by atoms with E-state index in [0.29, 0.717) is 0 Å². The molecular formula is C5H11NO. The Labute approximate surface area is 43.3 Å². The Morgan fingerprint density at radius 3 is 2.14 bits per heavy atom. The van der Waals surface area contributed by atoms with Crippen LogP contribution in [0.25, 0.3) is 0 Å². The van der Waals surface area contributed by atoms with E-state index in [1.165, 1.54) is 0 Å². The van der Waals surface area contributed by atoms with E-state index in [1.54, 1.807) is 6.92 Å². The summed E-state index contributed by atoms with van der Waals surface area (Å²) in [6.07, 6.45) is 1.67. The van der Waals surface area contributed by atoms with Crippen LogP contribution >= 0.6 is 0 Å². The topological polar surface area (TPSA) is 46.2 Å². The number of aliphatic hydroxyl groups excluding tert-OH is 1. The van der Waals surface area contributed by atoms with Gasteiger partial charge in [0.25, 0.3) is 0 Å². The number of aliphatic hydroxyl groups is 1. The zero-order chi connectivity index (χ0) is 5.49. The molecule has 3 N–H and O–H groups in total. The van der Waals surface area contributed by atoms with Crippen molar-refractivity contribution < 1.29 is 5.11 Å². The van der Waals surface area contributed by atoms with Gasteiger partial charge in [0.15, 0.2) is 0 Å². The van der Waals surface area contributed by atoms with E-state index in [4.69, 9.17) is 10.8 Å². The smallest absolute Gasteiger partial charge is 0.0691 e. The lowest BCUT2D eigenvalue weighted by molar-refractivity contribution is 0.153. The molecule has 1 aliphatic carbocycles. The summed E-state index contributed by atoms with van der Waals surface area (Å²) in [5.74, 6) is 0. The molecule has 42 valence electrons. The molecule has 0 spiro atoms. The Bertz CT molecular complexity index is 76.1. The molecule has 0 amide bonds. The molecule has 0 saturated heterocycles. The van der Waals surface area contributed by atoms with E-state index < -0.39 is 0 Å². The highest BCUT2D eigenvalue weighted by atomic mass is 16.3. The lowest BCUT2D eigenvalue weighted by Crippen LogP contribution is -2.34. The Balaban J connectivity index is 2.39. The SMILES string of the molecule is C[C@H](O)C1(N)CC1. The molecule has 1 fully saturated rings. The Hall–Kier alpha value is -0.0800. The van der Waals surface area contributed by atoms with Gasteiger partial charge in [0.2, 0.25) is 0 Å². The first-order valence-electron chi connectivity index (χ1n) is 2.62. The van der Waals surface area contributed by atoms with Gasteiger partial charge in [-0.2, -0.15) is 0 Å². The summed E-state index contributed by atoms with van der Waals surface area (Å²) in [6, 6.07) is 0. The molecule has 0 aliphatic heterocycles. The molecular weight excluding hydrogens is 90.1 g/mol. The van der Waals surface area contributed by atoms with Crippen molar-refractivity contribution in [3.63, 3.8) is 0 Å². The summed E-state index contributed by atoms with van der Waals surface area (Å²) in [5.41, 5.74) is 5.34. The van der Waals surface area contributed by atoms with Crippen molar-refractivity contribution in [2.75, 3.05) is 0 Å². The second kappa shape index (κ2) is 1.20. The van der Waals surface area contributed by atoms with Gasteiger partial charge in [0.05, 0.1) is 6.10 Å². The number of rotatable bonds is 1. The van der Waals surface area contributed by atoms with Gasteiger partial charge in [-0.25, -0.2) is 0 Å². The van der Waals surface area contributed by atoms with E-state index >= 15 is 0 Å². The predicted octanol–water partition coefficient (Wildman–Crippen LogP) is -0.142. The van der Waals surface area contributed by atoms with Crippen LogP contribution in [-0.4, -0.2) is 16.7 Å². The number of hydrogen-bond donors (Lipinski definition) is 2. The van der Waals surface area contributed by atoms with Crippen LogP contribution in [0.4, 0.5) is 0 Å². The third-order valence-corrected chi connectivity index (χ3v) is 1.66. The Morgan fingerprint density at radius 2 is 2.14 bits per heavy atom. The second-order valence-electron chi connectivity index (χ2n) is 2.41. The first kappa shape index (κ1) is 5.06. The molecule has 0 aromatic rings. The van der Waals surface area contributed by atoms with Crippen LogP contribution in [0.3, 0.4) is 0 Å². The predicted molar refractivity (Wildman–Crippen MR) is 27.8 cm³/mol. The summed E-state index contributed by atoms with van der Waals surface area (Å²) in [6.45, 7) is 1.74. The van der Waals surface area contributed by atoms with Crippen LogP contribution in [0.1, 0.15) is 19.8 Å². The molecule has 0 bridgehead atoms. The van der Waals surface area contributed by atoms with Gasteiger partial charge < -0.3 is 10.8 Å². The molecule has 7 heavy (non-hydrogen) atoms. The average molecular weight is 101 g/mol. The minimum absolute atomic E-state index is 0.194. The number of hydrogen-bond acceptors (Lipinski definition) is 2. The lowest BCUT2D eigenvalue weighted by atomic mass is 10.2. The van der Waals surface area contributed by atoms with E-state index in [1.807, 2.05) is 0 Å². The molecule has 1 saturated carbocycles. The van der Waals surface area contributed by atoms with Crippen molar-refractivity contribution in [2.24, 2.45) is 5.73 Å². The Morgan fingerprint density at radius 1 is 1.71 bits per heavy atom. The van der Waals surface area contributed by atoms with Crippen molar-refractivity contribution >= 4 is 0 Å². The van der Waals surface area contributed by atoms with Gasteiger partial charge >= 0.3 is 0 Å². The summed E-state index contributed by atoms with van der Waals surface area (Å²) >= 11 is 0. The molecule has 1 rings (SSSR count). The lowest BCUT2D eigenvalue weighted by Gasteiger charge is -2.09. The van der Waals surface area contributed by atoms with Crippen LogP contribution < -0.4 is 5.73 Å². The van der Waals surface area contributed by atoms with Crippen molar-refractivity contribution in [1.29, 1.82) is 0 Å². The monoisotopic (exact) mass is 101 g/mol. The third kappa shape index (κ3) is 0.763. The molecule has 1 atom stereocenters. The number of nitrogens with two attached hydrogens (primary N) is 1. The normalized spacial score (nSPS) is 29.6. The zero-order valence-corrected chi connectivity index (χ0v) is 4.52. The van der Waals surface area contributed by atoms with Crippen LogP contribution in [0.5, 0.6) is 0 Å². The first-order valence-corrected chi connectivity index (χ1v) is 2.62. The zero-order valence-electron chi connectivity index (χ0n) is 4.52. The fraction of sp³-hybridized carbons (Fsp3) is 1.00. The fourth-order valence-electron chi connectivity index (χ4n) is 0.562. The van der Waals surface area contributed by atoms with E-state index in [-0.39, 0.29) is 11.6 Å². The largest absolute Gasteiger partial charge is 0.392 e. The van der Waals surface area contributed by atoms with Gasteiger partial charge in [-0.05, 0) is 19.8 Å². The minimum Gasteiger partial charge on any atom is -0.392 e. The Kier molecular flexibility index (Phi) is 0.869. The minimum atomic E-state index is -0.313. The molecule has 0 aromatic carbocycles. The molecule has 2 nitrogen and oxygen atoms in total. The summed E-state index contributed by atoms with van der Waals surface area (Å²) < 4.78 is 0. The molecule has 0 radical (unpaired) electrons. The van der Waals surface area contributed by atoms with Gasteiger partial charge in [0.1, 0.15) is 0 Å². The van der Waals surface area contributed by atoms with Crippen molar-refractivity contribution in [2.45, 2.75) is 31.4 Å². The quantitative estimate of drug-likeness (QED) is 0.483. The molecule has 2 heteroatoms. The highest BCUT2D eigenvalue weighted by Gasteiger charge is 2.42. The summed E-state index contributed by atoms with van der Waals surface area (Å²) in [4.78, 5) is 0. The van der Waals surface area contributed by atoms with Crippen LogP contribution in [0.2, 0.25) is 0 Å². The molecule has 0 heterocycles. The van der Waals surface area contributed by atoms with E-state index in [0.717, 1.165) is 12.8 Å². The van der Waals surface area contributed by atoms with E-state index in [9.17, 15) is 0 Å². The average Bonchev–Trinajstić information content (AvgIpc) is 2.21. The third-order valence-electron chi connectivity index (χ3n) is 1.66. The maximum Gasteiger partial charge on any atom is 0.0691 e. The van der Waals surface area contributed by atoms with E-state index in [2.05, 4.69) is 0 Å². The van der Waals surface area contributed by atoms with Gasteiger partial charge in [0, 0.05) is 5.54 Å². The van der Waals surface area contributed by atoms with Gasteiger partial charge in [-0.1, -0.05) is 0 Å². The van der Waals surface area contributed by atoms with Crippen LogP contribution in [0.15, 0.2) is 0 Å². The standard InChI is InChI=1S/C5H11NO/c1-4(7)5(6)2-3-5/h4,7H,2-3,6H2,1H3/t4-/m0/s1. The highest BCUT2D eigenvalue weighted by molar-refractivity contribution is 5.02. The van der Waals surface area contributed by atoms with Crippen molar-refractivity contribution in [1.82, 2.24) is 0 Å². The van der Waals surface area contributed by atoms with Crippen molar-refractivity contribution in [3.05, 3.63) is 0 Å².